The van der Waals surface area contributed by atoms with Crippen LogP contribution in [0.15, 0.2) is 18.2 Å². The molecular weight excluding hydrogens is 390 g/mol. The van der Waals surface area contributed by atoms with Gasteiger partial charge in [0.15, 0.2) is 0 Å². The van der Waals surface area contributed by atoms with Crippen LogP contribution in [0.4, 0.5) is 5.69 Å². The number of fused-ring (bicyclic) bond motifs is 1. The molecule has 5 atom stereocenters. The normalized spacial score (nSPS) is 30.7. The van der Waals surface area contributed by atoms with Gasteiger partial charge >= 0.3 is 0 Å². The number of nitrogens with one attached hydrogen (secondary N) is 2. The second-order valence-electron chi connectivity index (χ2n) is 9.78. The highest BCUT2D eigenvalue weighted by Gasteiger charge is 2.42. The number of aryl methyl sites for hydroxylation is 2. The minimum Gasteiger partial charge on any atom is -0.353 e. The van der Waals surface area contributed by atoms with Crippen LogP contribution in [0.3, 0.4) is 0 Å². The largest absolute Gasteiger partial charge is 0.353 e. The minimum atomic E-state index is -0.319. The SMILES string of the molecule is CCCC1CC(=O)NC2CC(NC(=O)C3CC(=O)N(c4ccc(C)c(C)c4)C3)CCC12. The van der Waals surface area contributed by atoms with E-state index in [0.717, 1.165) is 43.4 Å². The van der Waals surface area contributed by atoms with Crippen LogP contribution in [0.25, 0.3) is 0 Å². The van der Waals surface area contributed by atoms with Crippen molar-refractivity contribution < 1.29 is 14.4 Å². The standard InChI is InChI=1S/C25H35N3O3/c1-4-5-17-11-23(29)27-22-13-19(7-9-21(17)22)26-25(31)18-12-24(30)28(14-18)20-8-6-15(2)16(3)10-20/h6,8,10,17-19,21-22H,4-5,7,9,11-14H2,1-3H3,(H,26,31)(H,27,29). The maximum absolute atomic E-state index is 13.0. The van der Waals surface area contributed by atoms with Crippen LogP contribution in [0, 0.1) is 31.6 Å². The third-order valence-electron chi connectivity index (χ3n) is 7.61. The molecule has 0 radical (unpaired) electrons. The Balaban J connectivity index is 1.35. The molecule has 0 aromatic heterocycles. The molecule has 2 heterocycles. The second-order valence-corrected chi connectivity index (χ2v) is 9.78. The molecule has 4 rings (SSSR count). The summed E-state index contributed by atoms with van der Waals surface area (Å²) in [7, 11) is 0. The maximum Gasteiger partial charge on any atom is 0.227 e. The van der Waals surface area contributed by atoms with Crippen LogP contribution in [-0.4, -0.2) is 36.3 Å². The first-order valence-electron chi connectivity index (χ1n) is 11.8. The van der Waals surface area contributed by atoms with Crippen molar-refractivity contribution in [3.05, 3.63) is 29.3 Å². The van der Waals surface area contributed by atoms with E-state index in [9.17, 15) is 14.4 Å². The highest BCUT2D eigenvalue weighted by molar-refractivity contribution is 6.00. The van der Waals surface area contributed by atoms with Crippen molar-refractivity contribution in [2.24, 2.45) is 17.8 Å². The number of rotatable bonds is 5. The van der Waals surface area contributed by atoms with Crippen LogP contribution in [0.5, 0.6) is 0 Å². The molecule has 2 aliphatic heterocycles. The number of carbonyl (C=O) groups is 3. The van der Waals surface area contributed by atoms with Gasteiger partial charge in [-0.3, -0.25) is 14.4 Å². The van der Waals surface area contributed by atoms with E-state index in [1.165, 1.54) is 5.56 Å². The monoisotopic (exact) mass is 425 g/mol. The Morgan fingerprint density at radius 2 is 1.97 bits per heavy atom. The zero-order valence-electron chi connectivity index (χ0n) is 18.9. The molecule has 3 amide bonds. The minimum absolute atomic E-state index is 0.00839. The number of benzene rings is 1. The summed E-state index contributed by atoms with van der Waals surface area (Å²) in [4.78, 5) is 39.5. The molecule has 1 aromatic rings. The summed E-state index contributed by atoms with van der Waals surface area (Å²) in [5.41, 5.74) is 3.21. The number of hydrogen-bond acceptors (Lipinski definition) is 3. The van der Waals surface area contributed by atoms with E-state index in [1.807, 2.05) is 25.1 Å². The fourth-order valence-corrected chi connectivity index (χ4v) is 5.74. The van der Waals surface area contributed by atoms with Crippen LogP contribution in [0.2, 0.25) is 0 Å². The van der Waals surface area contributed by atoms with E-state index in [0.29, 0.717) is 24.8 Å². The van der Waals surface area contributed by atoms with E-state index < -0.39 is 0 Å². The first-order chi connectivity index (χ1) is 14.9. The van der Waals surface area contributed by atoms with E-state index in [1.54, 1.807) is 4.90 Å². The van der Waals surface area contributed by atoms with Crippen molar-refractivity contribution in [1.29, 1.82) is 0 Å². The summed E-state index contributed by atoms with van der Waals surface area (Å²) in [6.07, 6.45) is 5.89. The Labute approximate surface area is 185 Å². The number of amides is 3. The van der Waals surface area contributed by atoms with Gasteiger partial charge in [-0.15, -0.1) is 0 Å². The Kier molecular flexibility index (Phi) is 6.35. The summed E-state index contributed by atoms with van der Waals surface area (Å²) < 4.78 is 0. The summed E-state index contributed by atoms with van der Waals surface area (Å²) in [5.74, 6) is 0.806. The molecule has 0 spiro atoms. The molecule has 3 aliphatic rings. The Morgan fingerprint density at radius 3 is 2.71 bits per heavy atom. The van der Waals surface area contributed by atoms with Gasteiger partial charge in [0.1, 0.15) is 0 Å². The van der Waals surface area contributed by atoms with Gasteiger partial charge < -0.3 is 15.5 Å². The first-order valence-corrected chi connectivity index (χ1v) is 11.8. The zero-order chi connectivity index (χ0) is 22.1. The third-order valence-corrected chi connectivity index (χ3v) is 7.61. The first kappa shape index (κ1) is 21.8. The van der Waals surface area contributed by atoms with Crippen molar-refractivity contribution in [1.82, 2.24) is 10.6 Å². The summed E-state index contributed by atoms with van der Waals surface area (Å²) in [5, 5.41) is 6.37. The molecule has 5 unspecified atom stereocenters. The van der Waals surface area contributed by atoms with Crippen molar-refractivity contribution in [3.8, 4) is 0 Å². The number of anilines is 1. The predicted molar refractivity (Wildman–Crippen MR) is 121 cm³/mol. The van der Waals surface area contributed by atoms with E-state index >= 15 is 0 Å². The van der Waals surface area contributed by atoms with Crippen LogP contribution in [-0.2, 0) is 14.4 Å². The van der Waals surface area contributed by atoms with Gasteiger partial charge in [-0.2, -0.15) is 0 Å². The number of piperidine rings is 1. The molecule has 6 nitrogen and oxygen atoms in total. The second kappa shape index (κ2) is 9.01. The fraction of sp³-hybridized carbons (Fsp3) is 0.640. The lowest BCUT2D eigenvalue weighted by Gasteiger charge is -2.44. The van der Waals surface area contributed by atoms with E-state index in [4.69, 9.17) is 0 Å². The van der Waals surface area contributed by atoms with Gasteiger partial charge in [0, 0.05) is 37.2 Å². The van der Waals surface area contributed by atoms with E-state index in [-0.39, 0.29) is 42.1 Å². The zero-order valence-corrected chi connectivity index (χ0v) is 18.9. The Bertz CT molecular complexity index is 868. The quantitative estimate of drug-likeness (QED) is 0.760. The average molecular weight is 426 g/mol. The number of hydrogen-bond donors (Lipinski definition) is 2. The van der Waals surface area contributed by atoms with E-state index in [2.05, 4.69) is 24.5 Å². The van der Waals surface area contributed by atoms with Crippen LogP contribution in [0.1, 0.15) is 63.0 Å². The summed E-state index contributed by atoms with van der Waals surface area (Å²) in [6, 6.07) is 6.23. The van der Waals surface area contributed by atoms with Crippen molar-refractivity contribution in [3.63, 3.8) is 0 Å². The smallest absolute Gasteiger partial charge is 0.227 e. The number of carbonyl (C=O) groups excluding carboxylic acids is 3. The molecule has 31 heavy (non-hydrogen) atoms. The summed E-state index contributed by atoms with van der Waals surface area (Å²) >= 11 is 0. The van der Waals surface area contributed by atoms with Gasteiger partial charge in [0.05, 0.1) is 5.92 Å². The van der Waals surface area contributed by atoms with Crippen molar-refractivity contribution >= 4 is 23.4 Å². The topological polar surface area (TPSA) is 78.5 Å². The van der Waals surface area contributed by atoms with Crippen LogP contribution >= 0.6 is 0 Å². The molecule has 3 fully saturated rings. The summed E-state index contributed by atoms with van der Waals surface area (Å²) in [6.45, 7) is 6.70. The number of nitrogens with zero attached hydrogens (tertiary/aromatic N) is 1. The maximum atomic E-state index is 13.0. The molecule has 2 saturated heterocycles. The predicted octanol–water partition coefficient (Wildman–Crippen LogP) is 3.25. The van der Waals surface area contributed by atoms with Gasteiger partial charge in [0.2, 0.25) is 17.7 Å². The molecule has 2 N–H and O–H groups in total. The molecule has 1 aromatic carbocycles. The highest BCUT2D eigenvalue weighted by Crippen LogP contribution is 2.38. The molecule has 168 valence electrons. The van der Waals surface area contributed by atoms with Crippen molar-refractivity contribution in [2.45, 2.75) is 77.8 Å². The lowest BCUT2D eigenvalue weighted by molar-refractivity contribution is -0.128. The van der Waals surface area contributed by atoms with Gasteiger partial charge in [-0.25, -0.2) is 0 Å². The molecule has 1 aliphatic carbocycles. The third kappa shape index (κ3) is 4.63. The van der Waals surface area contributed by atoms with Gasteiger partial charge in [0.25, 0.3) is 0 Å². The van der Waals surface area contributed by atoms with Gasteiger partial charge in [-0.1, -0.05) is 19.4 Å². The molecular formula is C25H35N3O3. The lowest BCUT2D eigenvalue weighted by Crippen LogP contribution is -2.55. The molecule has 0 bridgehead atoms. The molecule has 6 heteroatoms. The highest BCUT2D eigenvalue weighted by atomic mass is 16.2. The fourth-order valence-electron chi connectivity index (χ4n) is 5.74. The Morgan fingerprint density at radius 1 is 1.16 bits per heavy atom. The average Bonchev–Trinajstić information content (AvgIpc) is 3.12. The van der Waals surface area contributed by atoms with Gasteiger partial charge in [-0.05, 0) is 74.6 Å². The van der Waals surface area contributed by atoms with Crippen molar-refractivity contribution in [2.75, 3.05) is 11.4 Å². The molecule has 1 saturated carbocycles. The lowest BCUT2D eigenvalue weighted by atomic mass is 9.70. The van der Waals surface area contributed by atoms with Crippen LogP contribution < -0.4 is 15.5 Å². The Hall–Kier alpha value is -2.37.